The molecule has 0 bridgehead atoms. The lowest BCUT2D eigenvalue weighted by atomic mass is 9.94. The third kappa shape index (κ3) is 5.09. The molecule has 0 N–H and O–H groups in total. The summed E-state index contributed by atoms with van der Waals surface area (Å²) >= 11 is 6.06. The largest absolute Gasteiger partial charge is 0.334 e. The van der Waals surface area contributed by atoms with Crippen LogP contribution in [-0.2, 0) is 6.54 Å². The highest BCUT2D eigenvalue weighted by Crippen LogP contribution is 2.24. The summed E-state index contributed by atoms with van der Waals surface area (Å²) in [5.41, 5.74) is 0.872. The van der Waals surface area contributed by atoms with Gasteiger partial charge in [0, 0.05) is 23.7 Å². The average Bonchev–Trinajstić information content (AvgIpc) is 3.12. The first-order chi connectivity index (χ1) is 13.2. The second-order valence-corrected chi connectivity index (χ2v) is 8.69. The Kier molecular flexibility index (Phi) is 6.11. The van der Waals surface area contributed by atoms with Crippen LogP contribution in [-0.4, -0.2) is 52.7 Å². The van der Waals surface area contributed by atoms with E-state index in [9.17, 15) is 0 Å². The Morgan fingerprint density at radius 2 is 2.00 bits per heavy atom. The van der Waals surface area contributed by atoms with Crippen molar-refractivity contribution in [2.75, 3.05) is 32.7 Å². The molecule has 0 aliphatic carbocycles. The number of likely N-dealkylation sites (tertiary alicyclic amines) is 2. The maximum absolute atomic E-state index is 6.06. The van der Waals surface area contributed by atoms with Crippen molar-refractivity contribution in [2.24, 2.45) is 11.8 Å². The van der Waals surface area contributed by atoms with Crippen molar-refractivity contribution < 1.29 is 4.52 Å². The minimum atomic E-state index is 0.545. The summed E-state index contributed by atoms with van der Waals surface area (Å²) in [4.78, 5) is 9.72. The van der Waals surface area contributed by atoms with Crippen molar-refractivity contribution in [1.82, 2.24) is 19.9 Å². The highest BCUT2D eigenvalue weighted by Gasteiger charge is 2.25. The van der Waals surface area contributed by atoms with Crippen LogP contribution in [0.3, 0.4) is 0 Å². The van der Waals surface area contributed by atoms with E-state index in [0.717, 1.165) is 42.9 Å². The van der Waals surface area contributed by atoms with Crippen LogP contribution in [0.15, 0.2) is 28.8 Å². The third-order valence-corrected chi connectivity index (χ3v) is 6.14. The Morgan fingerprint density at radius 1 is 1.15 bits per heavy atom. The van der Waals surface area contributed by atoms with E-state index in [-0.39, 0.29) is 0 Å². The molecule has 2 aliphatic rings. The lowest BCUT2D eigenvalue weighted by Crippen LogP contribution is -2.43. The molecule has 2 saturated heterocycles. The Labute approximate surface area is 166 Å². The van der Waals surface area contributed by atoms with Crippen LogP contribution in [0.5, 0.6) is 0 Å². The standard InChI is InChI=1S/C21H29ClN4O/c1-16-7-10-25(11-8-16)13-17-4-3-9-26(14-17)15-20-23-21(27-24-20)18-5-2-6-19(22)12-18/h2,5-6,12,16-17H,3-4,7-11,13-15H2,1H3. The molecule has 0 spiro atoms. The molecule has 2 fully saturated rings. The molecule has 6 heteroatoms. The highest BCUT2D eigenvalue weighted by atomic mass is 35.5. The second-order valence-electron chi connectivity index (χ2n) is 8.25. The van der Waals surface area contributed by atoms with Crippen LogP contribution in [0.4, 0.5) is 0 Å². The second kappa shape index (κ2) is 8.72. The Hall–Kier alpha value is -1.43. The number of rotatable bonds is 5. The zero-order valence-electron chi connectivity index (χ0n) is 16.1. The van der Waals surface area contributed by atoms with Crippen LogP contribution in [0.2, 0.25) is 5.02 Å². The minimum Gasteiger partial charge on any atom is -0.334 e. The van der Waals surface area contributed by atoms with Gasteiger partial charge in [0.1, 0.15) is 0 Å². The lowest BCUT2D eigenvalue weighted by Gasteiger charge is -2.37. The maximum Gasteiger partial charge on any atom is 0.258 e. The number of nitrogens with zero attached hydrogens (tertiary/aromatic N) is 4. The molecule has 5 nitrogen and oxygen atoms in total. The van der Waals surface area contributed by atoms with Gasteiger partial charge in [0.2, 0.25) is 0 Å². The number of aromatic nitrogens is 2. The number of halogens is 1. The summed E-state index contributed by atoms with van der Waals surface area (Å²) in [6, 6.07) is 7.55. The van der Waals surface area contributed by atoms with Crippen molar-refractivity contribution in [1.29, 1.82) is 0 Å². The van der Waals surface area contributed by atoms with E-state index in [1.165, 1.54) is 45.3 Å². The molecule has 0 amide bonds. The molecular formula is C21H29ClN4O. The third-order valence-electron chi connectivity index (χ3n) is 5.90. The van der Waals surface area contributed by atoms with Crippen LogP contribution in [0.25, 0.3) is 11.5 Å². The lowest BCUT2D eigenvalue weighted by molar-refractivity contribution is 0.107. The normalized spacial score (nSPS) is 23.0. The molecule has 3 heterocycles. The fraction of sp³-hybridized carbons (Fsp3) is 0.619. The minimum absolute atomic E-state index is 0.545. The van der Waals surface area contributed by atoms with Gasteiger partial charge in [-0.25, -0.2) is 0 Å². The van der Waals surface area contributed by atoms with E-state index in [2.05, 4.69) is 26.9 Å². The van der Waals surface area contributed by atoms with Crippen LogP contribution < -0.4 is 0 Å². The highest BCUT2D eigenvalue weighted by molar-refractivity contribution is 6.30. The quantitative estimate of drug-likeness (QED) is 0.762. The number of benzene rings is 1. The van der Waals surface area contributed by atoms with E-state index in [4.69, 9.17) is 16.1 Å². The number of hydrogen-bond acceptors (Lipinski definition) is 5. The smallest absolute Gasteiger partial charge is 0.258 e. The zero-order valence-corrected chi connectivity index (χ0v) is 16.9. The summed E-state index contributed by atoms with van der Waals surface area (Å²) in [6.07, 6.45) is 5.30. The van der Waals surface area contributed by atoms with Gasteiger partial charge in [-0.2, -0.15) is 4.98 Å². The van der Waals surface area contributed by atoms with Gasteiger partial charge < -0.3 is 9.42 Å². The topological polar surface area (TPSA) is 45.4 Å². The first-order valence-electron chi connectivity index (χ1n) is 10.2. The molecule has 1 unspecified atom stereocenters. The van der Waals surface area contributed by atoms with E-state index >= 15 is 0 Å². The van der Waals surface area contributed by atoms with Gasteiger partial charge in [0.25, 0.3) is 5.89 Å². The fourth-order valence-electron chi connectivity index (χ4n) is 4.31. The molecule has 27 heavy (non-hydrogen) atoms. The van der Waals surface area contributed by atoms with Gasteiger partial charge in [0.05, 0.1) is 6.54 Å². The monoisotopic (exact) mass is 388 g/mol. The average molecular weight is 389 g/mol. The Balaban J connectivity index is 1.31. The molecular weight excluding hydrogens is 360 g/mol. The molecule has 1 aromatic heterocycles. The van der Waals surface area contributed by atoms with Gasteiger partial charge in [0.15, 0.2) is 5.82 Å². The Morgan fingerprint density at radius 3 is 2.81 bits per heavy atom. The van der Waals surface area contributed by atoms with Gasteiger partial charge in [-0.15, -0.1) is 0 Å². The molecule has 0 radical (unpaired) electrons. The summed E-state index contributed by atoms with van der Waals surface area (Å²) in [5.74, 6) is 2.96. The fourth-order valence-corrected chi connectivity index (χ4v) is 4.50. The summed E-state index contributed by atoms with van der Waals surface area (Å²) in [5, 5.41) is 4.86. The predicted molar refractivity (Wildman–Crippen MR) is 108 cm³/mol. The van der Waals surface area contributed by atoms with E-state index in [1.54, 1.807) is 0 Å². The molecule has 0 saturated carbocycles. The van der Waals surface area contributed by atoms with Crippen molar-refractivity contribution in [3.63, 3.8) is 0 Å². The number of piperidine rings is 2. The van der Waals surface area contributed by atoms with Gasteiger partial charge in [-0.05, 0) is 75.4 Å². The zero-order chi connectivity index (χ0) is 18.6. The summed E-state index contributed by atoms with van der Waals surface area (Å²) < 4.78 is 5.45. The predicted octanol–water partition coefficient (Wildman–Crippen LogP) is 4.33. The molecule has 2 aromatic rings. The van der Waals surface area contributed by atoms with E-state index in [0.29, 0.717) is 10.9 Å². The van der Waals surface area contributed by atoms with Crippen molar-refractivity contribution in [2.45, 2.75) is 39.2 Å². The van der Waals surface area contributed by atoms with Gasteiger partial charge in [-0.3, -0.25) is 4.90 Å². The van der Waals surface area contributed by atoms with E-state index < -0.39 is 0 Å². The number of hydrogen-bond donors (Lipinski definition) is 0. The first kappa shape index (κ1) is 18.9. The molecule has 146 valence electrons. The van der Waals surface area contributed by atoms with E-state index in [1.807, 2.05) is 24.3 Å². The molecule has 4 rings (SSSR count). The molecule has 2 aliphatic heterocycles. The van der Waals surface area contributed by atoms with Crippen LogP contribution in [0, 0.1) is 11.8 Å². The van der Waals surface area contributed by atoms with Crippen LogP contribution in [0.1, 0.15) is 38.4 Å². The first-order valence-corrected chi connectivity index (χ1v) is 10.6. The summed E-state index contributed by atoms with van der Waals surface area (Å²) in [7, 11) is 0. The summed E-state index contributed by atoms with van der Waals surface area (Å²) in [6.45, 7) is 9.17. The van der Waals surface area contributed by atoms with Crippen molar-refractivity contribution >= 4 is 11.6 Å². The maximum atomic E-state index is 6.06. The SMILES string of the molecule is CC1CCN(CC2CCCN(Cc3noc(-c4cccc(Cl)c4)n3)C2)CC1. The van der Waals surface area contributed by atoms with Crippen LogP contribution >= 0.6 is 11.6 Å². The van der Waals surface area contributed by atoms with Crippen molar-refractivity contribution in [3.05, 3.63) is 35.1 Å². The molecule has 1 aromatic carbocycles. The van der Waals surface area contributed by atoms with Gasteiger partial charge in [-0.1, -0.05) is 29.7 Å². The van der Waals surface area contributed by atoms with Gasteiger partial charge >= 0.3 is 0 Å². The molecule has 1 atom stereocenters. The van der Waals surface area contributed by atoms with Crippen molar-refractivity contribution in [3.8, 4) is 11.5 Å². The Bertz CT molecular complexity index is 741.